The standard InChI is InChI=1S/C44H30N2S/c1-4-14-30(15-5-1)31-24-26-41-39(28-31)40-29-34(25-27-42(40)47-41)46(33-18-8-3-9-19-33)44-37-22-12-10-20-35(37)43(36-21-11-13-23-38(36)44)45-32-16-6-2-7-17-32/h1-29,45H. The van der Waals surface area contributed by atoms with Gasteiger partial charge in [0.05, 0.1) is 11.4 Å². The molecule has 222 valence electrons. The fourth-order valence-corrected chi connectivity index (χ4v) is 7.91. The molecule has 0 unspecified atom stereocenters. The second-order valence-corrected chi connectivity index (χ2v) is 12.9. The van der Waals surface area contributed by atoms with E-state index in [4.69, 9.17) is 0 Å². The summed E-state index contributed by atoms with van der Waals surface area (Å²) in [5.74, 6) is 0. The molecule has 0 atom stereocenters. The summed E-state index contributed by atoms with van der Waals surface area (Å²) in [5.41, 5.74) is 8.08. The highest BCUT2D eigenvalue weighted by Crippen LogP contribution is 2.48. The Morgan fingerprint density at radius 2 is 0.915 bits per heavy atom. The molecule has 1 N–H and O–H groups in total. The molecule has 0 aliphatic rings. The van der Waals surface area contributed by atoms with Crippen LogP contribution in [0.15, 0.2) is 176 Å². The predicted octanol–water partition coefficient (Wildman–Crippen LogP) is 13.2. The van der Waals surface area contributed by atoms with Crippen LogP contribution in [0.2, 0.25) is 0 Å². The highest BCUT2D eigenvalue weighted by molar-refractivity contribution is 7.25. The van der Waals surface area contributed by atoms with Crippen molar-refractivity contribution in [3.63, 3.8) is 0 Å². The fraction of sp³-hybridized carbons (Fsp3) is 0. The average Bonchev–Trinajstić information content (AvgIpc) is 3.51. The van der Waals surface area contributed by atoms with Crippen LogP contribution in [0.1, 0.15) is 0 Å². The molecule has 0 saturated heterocycles. The number of benzene rings is 8. The third kappa shape index (κ3) is 4.80. The van der Waals surface area contributed by atoms with Gasteiger partial charge >= 0.3 is 0 Å². The van der Waals surface area contributed by atoms with Crippen molar-refractivity contribution in [3.05, 3.63) is 176 Å². The van der Waals surface area contributed by atoms with Gasteiger partial charge in [-0.2, -0.15) is 0 Å². The topological polar surface area (TPSA) is 15.3 Å². The van der Waals surface area contributed by atoms with Crippen molar-refractivity contribution in [3.8, 4) is 11.1 Å². The number of thiophene rings is 1. The van der Waals surface area contributed by atoms with E-state index in [9.17, 15) is 0 Å². The molecule has 0 saturated carbocycles. The number of nitrogens with zero attached hydrogens (tertiary/aromatic N) is 1. The molecule has 47 heavy (non-hydrogen) atoms. The number of anilines is 5. The molecule has 0 aliphatic carbocycles. The molecular formula is C44H30N2S. The minimum Gasteiger partial charge on any atom is -0.355 e. The molecule has 0 amide bonds. The van der Waals surface area contributed by atoms with Crippen LogP contribution < -0.4 is 10.2 Å². The smallest absolute Gasteiger partial charge is 0.0619 e. The lowest BCUT2D eigenvalue weighted by molar-refractivity contribution is 1.32. The number of hydrogen-bond donors (Lipinski definition) is 1. The van der Waals surface area contributed by atoms with E-state index < -0.39 is 0 Å². The van der Waals surface area contributed by atoms with E-state index in [2.05, 4.69) is 186 Å². The Balaban J connectivity index is 1.31. The van der Waals surface area contributed by atoms with Gasteiger partial charge in [0.2, 0.25) is 0 Å². The van der Waals surface area contributed by atoms with Gasteiger partial charge in [-0.3, -0.25) is 0 Å². The van der Waals surface area contributed by atoms with Crippen molar-refractivity contribution in [1.82, 2.24) is 0 Å². The largest absolute Gasteiger partial charge is 0.355 e. The normalized spacial score (nSPS) is 11.4. The van der Waals surface area contributed by atoms with Crippen molar-refractivity contribution >= 4 is 81.5 Å². The average molecular weight is 619 g/mol. The molecule has 9 aromatic rings. The Morgan fingerprint density at radius 1 is 0.383 bits per heavy atom. The second-order valence-electron chi connectivity index (χ2n) is 11.8. The Bertz CT molecular complexity index is 2480. The lowest BCUT2D eigenvalue weighted by atomic mass is 9.96. The summed E-state index contributed by atoms with van der Waals surface area (Å²) in [6.45, 7) is 0. The first-order valence-electron chi connectivity index (χ1n) is 15.9. The van der Waals surface area contributed by atoms with Gasteiger partial charge in [-0.25, -0.2) is 0 Å². The van der Waals surface area contributed by atoms with Crippen LogP contribution in [0.25, 0.3) is 52.8 Å². The Morgan fingerprint density at radius 3 is 1.57 bits per heavy atom. The molecule has 0 radical (unpaired) electrons. The zero-order valence-electron chi connectivity index (χ0n) is 25.6. The third-order valence-electron chi connectivity index (χ3n) is 9.00. The highest BCUT2D eigenvalue weighted by Gasteiger charge is 2.22. The van der Waals surface area contributed by atoms with E-state index in [1.165, 1.54) is 58.5 Å². The molecule has 0 bridgehead atoms. The van der Waals surface area contributed by atoms with E-state index in [0.29, 0.717) is 0 Å². The minimum atomic E-state index is 1.07. The molecule has 2 nitrogen and oxygen atoms in total. The number of hydrogen-bond acceptors (Lipinski definition) is 3. The summed E-state index contributed by atoms with van der Waals surface area (Å²) in [5, 5.41) is 11.1. The molecule has 8 aromatic carbocycles. The molecule has 1 heterocycles. The monoisotopic (exact) mass is 618 g/mol. The fourth-order valence-electron chi connectivity index (χ4n) is 6.85. The maximum atomic E-state index is 3.78. The predicted molar refractivity (Wildman–Crippen MR) is 204 cm³/mol. The van der Waals surface area contributed by atoms with Crippen molar-refractivity contribution in [2.45, 2.75) is 0 Å². The van der Waals surface area contributed by atoms with E-state index >= 15 is 0 Å². The number of fused-ring (bicyclic) bond motifs is 5. The summed E-state index contributed by atoms with van der Waals surface area (Å²) >= 11 is 1.86. The number of nitrogens with one attached hydrogen (secondary N) is 1. The third-order valence-corrected chi connectivity index (χ3v) is 10.2. The van der Waals surface area contributed by atoms with E-state index in [0.717, 1.165) is 22.7 Å². The van der Waals surface area contributed by atoms with Crippen molar-refractivity contribution in [2.24, 2.45) is 0 Å². The highest BCUT2D eigenvalue weighted by atomic mass is 32.1. The second kappa shape index (κ2) is 11.5. The molecular weight excluding hydrogens is 589 g/mol. The van der Waals surface area contributed by atoms with Gasteiger partial charge in [0.25, 0.3) is 0 Å². The van der Waals surface area contributed by atoms with Gasteiger partial charge in [-0.15, -0.1) is 11.3 Å². The Hall–Kier alpha value is -5.90. The van der Waals surface area contributed by atoms with Crippen LogP contribution in [0.4, 0.5) is 28.4 Å². The first kappa shape index (κ1) is 27.4. The lowest BCUT2D eigenvalue weighted by Gasteiger charge is -2.29. The molecule has 3 heteroatoms. The van der Waals surface area contributed by atoms with Crippen molar-refractivity contribution in [1.29, 1.82) is 0 Å². The Labute approximate surface area is 277 Å². The summed E-state index contributed by atoms with van der Waals surface area (Å²) in [4.78, 5) is 2.45. The van der Waals surface area contributed by atoms with Crippen molar-refractivity contribution in [2.75, 3.05) is 10.2 Å². The van der Waals surface area contributed by atoms with Crippen LogP contribution in [0.5, 0.6) is 0 Å². The van der Waals surface area contributed by atoms with Gasteiger partial charge in [-0.05, 0) is 65.7 Å². The maximum absolute atomic E-state index is 3.78. The number of para-hydroxylation sites is 2. The minimum absolute atomic E-state index is 1.07. The molecule has 1 aromatic heterocycles. The zero-order chi connectivity index (χ0) is 31.2. The molecule has 0 spiro atoms. The Kier molecular flexibility index (Phi) is 6.69. The van der Waals surface area contributed by atoms with E-state index in [1.54, 1.807) is 0 Å². The maximum Gasteiger partial charge on any atom is 0.0619 e. The first-order valence-corrected chi connectivity index (χ1v) is 16.8. The summed E-state index contributed by atoms with van der Waals surface area (Å²) in [7, 11) is 0. The quantitative estimate of drug-likeness (QED) is 0.147. The SMILES string of the molecule is c1ccc(Nc2c3ccccc3c(N(c3ccccc3)c3ccc4sc5ccc(-c6ccccc6)cc5c4c3)c3ccccc23)cc1. The van der Waals surface area contributed by atoms with Crippen molar-refractivity contribution < 1.29 is 0 Å². The van der Waals surface area contributed by atoms with Gasteiger partial charge in [0.15, 0.2) is 0 Å². The van der Waals surface area contributed by atoms with E-state index in [-0.39, 0.29) is 0 Å². The lowest BCUT2D eigenvalue weighted by Crippen LogP contribution is -2.11. The molecule has 0 aliphatic heterocycles. The summed E-state index contributed by atoms with van der Waals surface area (Å²) in [6, 6.07) is 63.3. The van der Waals surface area contributed by atoms with Crippen LogP contribution in [0.3, 0.4) is 0 Å². The summed E-state index contributed by atoms with van der Waals surface area (Å²) in [6.07, 6.45) is 0. The summed E-state index contributed by atoms with van der Waals surface area (Å²) < 4.78 is 2.59. The molecule has 9 rings (SSSR count). The van der Waals surface area contributed by atoms with Gasteiger partial charge in [-0.1, -0.05) is 121 Å². The molecule has 0 fully saturated rings. The van der Waals surface area contributed by atoms with Gasteiger partial charge in [0.1, 0.15) is 0 Å². The van der Waals surface area contributed by atoms with Gasteiger partial charge in [0, 0.05) is 58.8 Å². The van der Waals surface area contributed by atoms with Crippen LogP contribution in [-0.4, -0.2) is 0 Å². The van der Waals surface area contributed by atoms with Gasteiger partial charge < -0.3 is 10.2 Å². The zero-order valence-corrected chi connectivity index (χ0v) is 26.4. The van der Waals surface area contributed by atoms with Crippen LogP contribution in [-0.2, 0) is 0 Å². The van der Waals surface area contributed by atoms with Crippen LogP contribution >= 0.6 is 11.3 Å². The number of rotatable bonds is 6. The van der Waals surface area contributed by atoms with Crippen LogP contribution in [0, 0.1) is 0 Å². The van der Waals surface area contributed by atoms with E-state index in [1.807, 2.05) is 11.3 Å². The first-order chi connectivity index (χ1) is 23.3.